The van der Waals surface area contributed by atoms with E-state index in [1.165, 1.54) is 16.7 Å². The second-order valence-electron chi connectivity index (χ2n) is 7.59. The molecule has 0 aliphatic rings. The van der Waals surface area contributed by atoms with Crippen molar-refractivity contribution in [3.05, 3.63) is 63.5 Å². The molecule has 0 aliphatic carbocycles. The first kappa shape index (κ1) is 17.6. The number of hydrogen-bond donors (Lipinski definition) is 0. The molecule has 2 aromatic carbocycles. The van der Waals surface area contributed by atoms with Crippen LogP contribution in [0.25, 0.3) is 10.2 Å². The Bertz CT molecular complexity index is 1010. The van der Waals surface area contributed by atoms with Crippen molar-refractivity contribution in [1.82, 2.24) is 4.57 Å². The molecule has 3 aromatic rings. The van der Waals surface area contributed by atoms with Crippen LogP contribution in [0, 0.1) is 13.8 Å². The van der Waals surface area contributed by atoms with E-state index in [9.17, 15) is 4.79 Å². The van der Waals surface area contributed by atoms with Crippen molar-refractivity contribution in [2.75, 3.05) is 0 Å². The molecule has 0 spiro atoms. The van der Waals surface area contributed by atoms with Gasteiger partial charge in [-0.05, 0) is 60.2 Å². The Hall–Kier alpha value is -2.20. The molecule has 0 fully saturated rings. The molecule has 0 saturated heterocycles. The van der Waals surface area contributed by atoms with Crippen molar-refractivity contribution in [1.29, 1.82) is 0 Å². The highest BCUT2D eigenvalue weighted by Crippen LogP contribution is 2.23. The number of carbonyl (C=O) groups is 1. The fourth-order valence-corrected chi connectivity index (χ4v) is 3.85. The topological polar surface area (TPSA) is 34.4 Å². The summed E-state index contributed by atoms with van der Waals surface area (Å²) >= 11 is 1.55. The van der Waals surface area contributed by atoms with Gasteiger partial charge >= 0.3 is 0 Å². The highest BCUT2D eigenvalue weighted by Gasteiger charge is 2.14. The molecule has 0 saturated carbocycles. The third kappa shape index (κ3) is 3.45. The molecule has 4 heteroatoms. The zero-order chi connectivity index (χ0) is 18.4. The monoisotopic (exact) mass is 352 g/mol. The number of aryl methyl sites for hydroxylation is 3. The van der Waals surface area contributed by atoms with Crippen molar-refractivity contribution < 1.29 is 4.79 Å². The number of thiazole rings is 1. The average Bonchev–Trinajstić information content (AvgIpc) is 2.83. The molecule has 0 radical (unpaired) electrons. The smallest absolute Gasteiger partial charge is 0.279 e. The van der Waals surface area contributed by atoms with E-state index in [-0.39, 0.29) is 11.3 Å². The minimum absolute atomic E-state index is 0.0758. The number of aromatic nitrogens is 1. The molecule has 130 valence electrons. The fraction of sp³-hybridized carbons (Fsp3) is 0.333. The van der Waals surface area contributed by atoms with Crippen LogP contribution >= 0.6 is 11.3 Å². The van der Waals surface area contributed by atoms with Crippen LogP contribution in [0.5, 0.6) is 0 Å². The van der Waals surface area contributed by atoms with Gasteiger partial charge in [-0.25, -0.2) is 0 Å². The van der Waals surface area contributed by atoms with Crippen molar-refractivity contribution >= 4 is 27.5 Å². The molecule has 1 heterocycles. The van der Waals surface area contributed by atoms with E-state index in [1.54, 1.807) is 11.3 Å². The van der Waals surface area contributed by atoms with Crippen LogP contribution in [0.15, 0.2) is 41.4 Å². The Balaban J connectivity index is 2.01. The van der Waals surface area contributed by atoms with Gasteiger partial charge in [-0.3, -0.25) is 4.79 Å². The van der Waals surface area contributed by atoms with Crippen molar-refractivity contribution in [2.24, 2.45) is 12.0 Å². The SMILES string of the molecule is Cc1cc2sc(=NC(=O)c3ccc(C(C)(C)C)cc3)n(C)c2cc1C. The first-order valence-electron chi connectivity index (χ1n) is 8.43. The van der Waals surface area contributed by atoms with Gasteiger partial charge in [0.1, 0.15) is 0 Å². The molecule has 1 aromatic heterocycles. The van der Waals surface area contributed by atoms with Gasteiger partial charge in [0.2, 0.25) is 0 Å². The molecule has 0 unspecified atom stereocenters. The standard InChI is InChI=1S/C21H24N2OS/c1-13-11-17-18(12-14(13)2)25-20(23(17)6)22-19(24)15-7-9-16(10-8-15)21(3,4)5/h7-12H,1-6H3. The maximum Gasteiger partial charge on any atom is 0.279 e. The van der Waals surface area contributed by atoms with E-state index in [2.05, 4.69) is 51.7 Å². The zero-order valence-electron chi connectivity index (χ0n) is 15.7. The lowest BCUT2D eigenvalue weighted by Gasteiger charge is -2.18. The van der Waals surface area contributed by atoms with Gasteiger partial charge in [0.25, 0.3) is 5.91 Å². The Morgan fingerprint density at radius 2 is 1.64 bits per heavy atom. The molecule has 3 rings (SSSR count). The maximum absolute atomic E-state index is 12.6. The Morgan fingerprint density at radius 3 is 2.24 bits per heavy atom. The summed E-state index contributed by atoms with van der Waals surface area (Å²) in [4.78, 5) is 17.7. The minimum Gasteiger partial charge on any atom is -0.319 e. The van der Waals surface area contributed by atoms with Crippen LogP contribution in [0.3, 0.4) is 0 Å². The van der Waals surface area contributed by atoms with Gasteiger partial charge in [-0.2, -0.15) is 4.99 Å². The predicted molar refractivity (Wildman–Crippen MR) is 105 cm³/mol. The number of hydrogen-bond acceptors (Lipinski definition) is 2. The third-order valence-electron chi connectivity index (χ3n) is 4.62. The molecule has 3 nitrogen and oxygen atoms in total. The normalized spacial score (nSPS) is 12.8. The number of rotatable bonds is 1. The third-order valence-corrected chi connectivity index (χ3v) is 5.71. The van der Waals surface area contributed by atoms with Crippen LogP contribution in [0.2, 0.25) is 0 Å². The molecule has 0 bridgehead atoms. The van der Waals surface area contributed by atoms with Crippen molar-refractivity contribution in [3.63, 3.8) is 0 Å². The lowest BCUT2D eigenvalue weighted by atomic mass is 9.87. The molecule has 0 N–H and O–H groups in total. The van der Waals surface area contributed by atoms with Gasteiger partial charge in [0.05, 0.1) is 10.2 Å². The summed E-state index contributed by atoms with van der Waals surface area (Å²) in [5.74, 6) is -0.198. The predicted octanol–water partition coefficient (Wildman–Crippen LogP) is 4.90. The highest BCUT2D eigenvalue weighted by atomic mass is 32.1. The van der Waals surface area contributed by atoms with Crippen LogP contribution in [-0.2, 0) is 12.5 Å². The molecule has 0 aliphatic heterocycles. The number of carbonyl (C=O) groups excluding carboxylic acids is 1. The second kappa shape index (κ2) is 6.26. The summed E-state index contributed by atoms with van der Waals surface area (Å²) < 4.78 is 3.15. The van der Waals surface area contributed by atoms with E-state index in [1.807, 2.05) is 35.9 Å². The van der Waals surface area contributed by atoms with Crippen LogP contribution < -0.4 is 4.80 Å². The summed E-state index contributed by atoms with van der Waals surface area (Å²) in [6, 6.07) is 12.1. The highest BCUT2D eigenvalue weighted by molar-refractivity contribution is 7.16. The Kier molecular flexibility index (Phi) is 4.41. The first-order valence-corrected chi connectivity index (χ1v) is 9.25. The Morgan fingerprint density at radius 1 is 1.04 bits per heavy atom. The van der Waals surface area contributed by atoms with E-state index in [0.717, 1.165) is 15.0 Å². The van der Waals surface area contributed by atoms with Gasteiger partial charge in [0, 0.05) is 12.6 Å². The van der Waals surface area contributed by atoms with E-state index in [0.29, 0.717) is 5.56 Å². The number of nitrogens with zero attached hydrogens (tertiary/aromatic N) is 2. The van der Waals surface area contributed by atoms with Gasteiger partial charge in [-0.15, -0.1) is 0 Å². The number of amides is 1. The molecule has 0 atom stereocenters. The summed E-state index contributed by atoms with van der Waals surface area (Å²) in [5.41, 5.74) is 5.52. The van der Waals surface area contributed by atoms with E-state index in [4.69, 9.17) is 0 Å². The van der Waals surface area contributed by atoms with E-state index >= 15 is 0 Å². The largest absolute Gasteiger partial charge is 0.319 e. The van der Waals surface area contributed by atoms with Gasteiger partial charge in [-0.1, -0.05) is 44.2 Å². The minimum atomic E-state index is -0.198. The van der Waals surface area contributed by atoms with E-state index < -0.39 is 0 Å². The molecular weight excluding hydrogens is 328 g/mol. The van der Waals surface area contributed by atoms with Crippen LogP contribution in [0.4, 0.5) is 0 Å². The molecule has 25 heavy (non-hydrogen) atoms. The molecule has 1 amide bonds. The fourth-order valence-electron chi connectivity index (χ4n) is 2.75. The van der Waals surface area contributed by atoms with Gasteiger partial charge in [0.15, 0.2) is 4.80 Å². The second-order valence-corrected chi connectivity index (χ2v) is 8.60. The van der Waals surface area contributed by atoms with Crippen molar-refractivity contribution in [3.8, 4) is 0 Å². The Labute approximate surface area is 152 Å². The number of fused-ring (bicyclic) bond motifs is 1. The zero-order valence-corrected chi connectivity index (χ0v) is 16.5. The maximum atomic E-state index is 12.6. The molecular formula is C21H24N2OS. The lowest BCUT2D eigenvalue weighted by molar-refractivity contribution is 0.0998. The summed E-state index contributed by atoms with van der Waals surface area (Å²) in [7, 11) is 1.96. The summed E-state index contributed by atoms with van der Waals surface area (Å²) in [6.45, 7) is 10.7. The van der Waals surface area contributed by atoms with Crippen LogP contribution in [-0.4, -0.2) is 10.5 Å². The number of benzene rings is 2. The summed E-state index contributed by atoms with van der Waals surface area (Å²) in [5, 5.41) is 0. The average molecular weight is 353 g/mol. The van der Waals surface area contributed by atoms with Gasteiger partial charge < -0.3 is 4.57 Å². The van der Waals surface area contributed by atoms with Crippen molar-refractivity contribution in [2.45, 2.75) is 40.0 Å². The lowest BCUT2D eigenvalue weighted by Crippen LogP contribution is -2.14. The first-order chi connectivity index (χ1) is 11.7. The van der Waals surface area contributed by atoms with Crippen LogP contribution in [0.1, 0.15) is 47.8 Å². The summed E-state index contributed by atoms with van der Waals surface area (Å²) in [6.07, 6.45) is 0. The quantitative estimate of drug-likeness (QED) is 0.613.